The van der Waals surface area contributed by atoms with Crippen molar-refractivity contribution in [2.24, 2.45) is 0 Å². The Morgan fingerprint density at radius 3 is 1.58 bits per heavy atom. The molecule has 3 aliphatic rings. The van der Waals surface area contributed by atoms with Gasteiger partial charge in [0.05, 0.1) is 16.8 Å². The molecule has 15 rings (SSSR count). The van der Waals surface area contributed by atoms with E-state index in [1.807, 2.05) is 12.1 Å². The highest BCUT2D eigenvalue weighted by Gasteiger charge is 2.53. The quantitative estimate of drug-likeness (QED) is 0.176. The average Bonchev–Trinajstić information content (AvgIpc) is 4.01. The summed E-state index contributed by atoms with van der Waals surface area (Å²) in [7, 11) is 0. The van der Waals surface area contributed by atoms with Crippen molar-refractivity contribution in [1.29, 1.82) is 0 Å². The second-order valence-electron chi connectivity index (χ2n) is 19.5. The smallest absolute Gasteiger partial charge is 0.140 e. The molecule has 2 aliphatic carbocycles. The second-order valence-corrected chi connectivity index (χ2v) is 19.5. The largest absolute Gasteiger partial charge is 0.456 e. The number of para-hydroxylation sites is 1. The summed E-state index contributed by atoms with van der Waals surface area (Å²) in [6.07, 6.45) is 0. The highest BCUT2D eigenvalue weighted by atomic mass is 16.5. The first kappa shape index (κ1) is 38.4. The van der Waals surface area contributed by atoms with E-state index in [0.29, 0.717) is 0 Å². The van der Waals surface area contributed by atoms with Gasteiger partial charge in [-0.2, -0.15) is 0 Å². The molecule has 1 aromatic heterocycles. The molecule has 0 saturated heterocycles. The standard InChI is InChI=1S/C66H43NO2/c1-65(2)51-22-10-7-20-48(51)61-53(65)24-13-26-57(61)67(44-34-29-40(30-35-44)43-33-38-60-50(39-43)47-19-9-12-28-59(47)68-60)58-27-14-25-54-62(58)49-21-8-11-23-52(49)66(54)55-36-31-41-15-3-5-17-45(41)63(55)69-64-46-18-6-4-16-42(46)32-37-56(64)66/h3-39H,1-2H3. The first-order valence-electron chi connectivity index (χ1n) is 24.0. The molecule has 0 amide bonds. The third kappa shape index (κ3) is 5.11. The van der Waals surface area contributed by atoms with Crippen molar-refractivity contribution in [2.75, 3.05) is 4.90 Å². The number of hydrogen-bond donors (Lipinski definition) is 0. The van der Waals surface area contributed by atoms with Gasteiger partial charge in [0.25, 0.3) is 0 Å². The van der Waals surface area contributed by atoms with Gasteiger partial charge in [-0.1, -0.05) is 196 Å². The van der Waals surface area contributed by atoms with Crippen LogP contribution in [0.25, 0.3) is 76.9 Å². The lowest BCUT2D eigenvalue weighted by molar-refractivity contribution is 0.447. The zero-order valence-corrected chi connectivity index (χ0v) is 38.1. The fourth-order valence-corrected chi connectivity index (χ4v) is 12.7. The molecule has 69 heavy (non-hydrogen) atoms. The Kier molecular flexibility index (Phi) is 7.77. The summed E-state index contributed by atoms with van der Waals surface area (Å²) in [5.41, 5.74) is 19.1. The van der Waals surface area contributed by atoms with Crippen LogP contribution in [-0.4, -0.2) is 0 Å². The van der Waals surface area contributed by atoms with E-state index in [4.69, 9.17) is 9.15 Å². The molecule has 1 spiro atoms. The maximum absolute atomic E-state index is 7.31. The molecule has 1 aliphatic heterocycles. The van der Waals surface area contributed by atoms with Crippen LogP contribution in [0.2, 0.25) is 0 Å². The lowest BCUT2D eigenvalue weighted by Gasteiger charge is -2.40. The summed E-state index contributed by atoms with van der Waals surface area (Å²) in [5, 5.41) is 6.79. The van der Waals surface area contributed by atoms with Gasteiger partial charge < -0.3 is 14.1 Å². The van der Waals surface area contributed by atoms with Gasteiger partial charge >= 0.3 is 0 Å². The summed E-state index contributed by atoms with van der Waals surface area (Å²) >= 11 is 0. The van der Waals surface area contributed by atoms with Crippen molar-refractivity contribution in [3.05, 3.63) is 258 Å². The monoisotopic (exact) mass is 881 g/mol. The molecule has 0 fully saturated rings. The van der Waals surface area contributed by atoms with Crippen LogP contribution in [0.4, 0.5) is 17.1 Å². The fraction of sp³-hybridized carbons (Fsp3) is 0.0606. The molecule has 0 radical (unpaired) electrons. The van der Waals surface area contributed by atoms with Crippen LogP contribution in [0.1, 0.15) is 47.2 Å². The second kappa shape index (κ2) is 13.9. The van der Waals surface area contributed by atoms with E-state index in [1.54, 1.807) is 0 Å². The van der Waals surface area contributed by atoms with Crippen LogP contribution >= 0.6 is 0 Å². The first-order valence-corrected chi connectivity index (χ1v) is 24.0. The van der Waals surface area contributed by atoms with E-state index in [-0.39, 0.29) is 5.41 Å². The average molecular weight is 882 g/mol. The Morgan fingerprint density at radius 2 is 0.884 bits per heavy atom. The van der Waals surface area contributed by atoms with Gasteiger partial charge in [0.15, 0.2) is 0 Å². The molecular formula is C66H43NO2. The minimum Gasteiger partial charge on any atom is -0.456 e. The minimum absolute atomic E-state index is 0.177. The topological polar surface area (TPSA) is 25.6 Å². The summed E-state index contributed by atoms with van der Waals surface area (Å²) in [5.74, 6) is 1.83. The van der Waals surface area contributed by atoms with Crippen molar-refractivity contribution in [3.8, 4) is 44.9 Å². The zero-order valence-electron chi connectivity index (χ0n) is 38.1. The molecular weight excluding hydrogens is 839 g/mol. The highest BCUT2D eigenvalue weighted by Crippen LogP contribution is 2.66. The summed E-state index contributed by atoms with van der Waals surface area (Å²) in [4.78, 5) is 2.55. The fourth-order valence-electron chi connectivity index (χ4n) is 12.7. The van der Waals surface area contributed by atoms with Gasteiger partial charge in [0, 0.05) is 54.9 Å². The highest BCUT2D eigenvalue weighted by molar-refractivity contribution is 6.07. The lowest BCUT2D eigenvalue weighted by atomic mass is 9.65. The molecule has 11 aromatic carbocycles. The molecule has 0 atom stereocenters. The van der Waals surface area contributed by atoms with Crippen LogP contribution < -0.4 is 9.64 Å². The van der Waals surface area contributed by atoms with E-state index >= 15 is 0 Å². The molecule has 324 valence electrons. The van der Waals surface area contributed by atoms with Gasteiger partial charge in [-0.25, -0.2) is 0 Å². The van der Waals surface area contributed by atoms with Crippen molar-refractivity contribution < 1.29 is 9.15 Å². The molecule has 12 aromatic rings. The molecule has 3 heteroatoms. The zero-order chi connectivity index (χ0) is 45.6. The summed E-state index contributed by atoms with van der Waals surface area (Å²) in [6.45, 7) is 4.74. The van der Waals surface area contributed by atoms with E-state index in [0.717, 1.165) is 94.3 Å². The Morgan fingerprint density at radius 1 is 0.362 bits per heavy atom. The number of benzene rings is 11. The number of fused-ring (bicyclic) bond motifs is 19. The van der Waals surface area contributed by atoms with Crippen molar-refractivity contribution in [3.63, 3.8) is 0 Å². The molecule has 0 saturated carbocycles. The maximum Gasteiger partial charge on any atom is 0.140 e. The molecule has 0 bridgehead atoms. The van der Waals surface area contributed by atoms with Crippen LogP contribution in [-0.2, 0) is 10.8 Å². The van der Waals surface area contributed by atoms with Gasteiger partial charge in [-0.05, 0) is 97.7 Å². The van der Waals surface area contributed by atoms with Crippen LogP contribution in [0.5, 0.6) is 11.5 Å². The number of rotatable bonds is 4. The number of anilines is 3. The molecule has 0 N–H and O–H groups in total. The van der Waals surface area contributed by atoms with E-state index in [9.17, 15) is 0 Å². The Labute approximate surface area is 400 Å². The third-order valence-corrected chi connectivity index (χ3v) is 15.7. The van der Waals surface area contributed by atoms with Gasteiger partial charge in [-0.3, -0.25) is 0 Å². The third-order valence-electron chi connectivity index (χ3n) is 15.7. The minimum atomic E-state index is -0.683. The number of hydrogen-bond acceptors (Lipinski definition) is 3. The van der Waals surface area contributed by atoms with Gasteiger partial charge in [0.2, 0.25) is 0 Å². The molecule has 3 nitrogen and oxygen atoms in total. The number of furan rings is 1. The summed E-state index contributed by atoms with van der Waals surface area (Å²) < 4.78 is 13.5. The predicted octanol–water partition coefficient (Wildman–Crippen LogP) is 17.8. The van der Waals surface area contributed by atoms with Crippen LogP contribution in [0.15, 0.2) is 229 Å². The Bertz CT molecular complexity index is 4070. The first-order chi connectivity index (χ1) is 34.0. The maximum atomic E-state index is 7.31. The van der Waals surface area contributed by atoms with E-state index < -0.39 is 5.41 Å². The van der Waals surface area contributed by atoms with Gasteiger partial charge in [0.1, 0.15) is 22.7 Å². The summed E-state index contributed by atoms with van der Waals surface area (Å²) in [6, 6.07) is 82.6. The lowest BCUT2D eigenvalue weighted by Crippen LogP contribution is -2.32. The normalized spacial score (nSPS) is 14.3. The predicted molar refractivity (Wildman–Crippen MR) is 284 cm³/mol. The number of nitrogens with zero attached hydrogens (tertiary/aromatic N) is 1. The molecule has 0 unspecified atom stereocenters. The SMILES string of the molecule is CC1(C)c2ccccc2-c2c(N(c3ccc(-c4ccc5oc6ccccc6c5c4)cc3)c3cccc4c3-c3ccccc3C43c4ccc5ccccc5c4Oc4c3ccc3ccccc43)cccc21. The van der Waals surface area contributed by atoms with Gasteiger partial charge in [-0.15, -0.1) is 0 Å². The van der Waals surface area contributed by atoms with E-state index in [2.05, 4.69) is 231 Å². The Hall–Kier alpha value is -8.66. The molecule has 2 heterocycles. The van der Waals surface area contributed by atoms with Crippen LogP contribution in [0, 0.1) is 0 Å². The number of ether oxygens (including phenoxy) is 1. The Balaban J connectivity index is 1.01. The van der Waals surface area contributed by atoms with Crippen molar-refractivity contribution in [2.45, 2.75) is 24.7 Å². The van der Waals surface area contributed by atoms with Crippen LogP contribution in [0.3, 0.4) is 0 Å². The van der Waals surface area contributed by atoms with Crippen molar-refractivity contribution in [1.82, 2.24) is 0 Å². The van der Waals surface area contributed by atoms with E-state index in [1.165, 1.54) is 44.5 Å². The van der Waals surface area contributed by atoms with Crippen molar-refractivity contribution >= 4 is 60.5 Å².